The fourth-order valence-corrected chi connectivity index (χ4v) is 2.00. The lowest BCUT2D eigenvalue weighted by molar-refractivity contribution is 0.178. The third-order valence-electron chi connectivity index (χ3n) is 3.12. The van der Waals surface area contributed by atoms with Gasteiger partial charge >= 0.3 is 12.1 Å². The zero-order valence-electron chi connectivity index (χ0n) is 11.8. The number of ether oxygens (including phenoxy) is 2. The quantitative estimate of drug-likeness (QED) is 0.552. The molecular formula is C16H17O5. The van der Waals surface area contributed by atoms with Gasteiger partial charge in [-0.2, -0.15) is 0 Å². The molecule has 0 N–H and O–H groups in total. The van der Waals surface area contributed by atoms with Gasteiger partial charge in [0.15, 0.2) is 0 Å². The van der Waals surface area contributed by atoms with E-state index in [1.807, 2.05) is 19.1 Å². The van der Waals surface area contributed by atoms with Crippen LogP contribution in [0.25, 0.3) is 11.0 Å². The van der Waals surface area contributed by atoms with Crippen LogP contribution in [0.3, 0.4) is 0 Å². The van der Waals surface area contributed by atoms with E-state index >= 15 is 0 Å². The van der Waals surface area contributed by atoms with Crippen LogP contribution < -0.4 is 10.4 Å². The molecule has 0 bridgehead atoms. The monoisotopic (exact) mass is 289 g/mol. The van der Waals surface area contributed by atoms with Gasteiger partial charge in [-0.15, -0.1) is 0 Å². The zero-order chi connectivity index (χ0) is 15.1. The Bertz CT molecular complexity index is 646. The topological polar surface area (TPSA) is 65.7 Å². The van der Waals surface area contributed by atoms with Crippen LogP contribution in [0, 0.1) is 0 Å². The molecule has 1 aromatic carbocycles. The van der Waals surface area contributed by atoms with E-state index in [0.29, 0.717) is 17.9 Å². The van der Waals surface area contributed by atoms with E-state index in [1.165, 1.54) is 12.5 Å². The molecule has 1 atom stereocenters. The number of fused-ring (bicyclic) bond motifs is 1. The Morgan fingerprint density at radius 2 is 2.05 bits per heavy atom. The summed E-state index contributed by atoms with van der Waals surface area (Å²) < 4.78 is 15.4. The average Bonchev–Trinajstić information content (AvgIpc) is 2.46. The van der Waals surface area contributed by atoms with Crippen LogP contribution in [0.5, 0.6) is 5.75 Å². The molecule has 21 heavy (non-hydrogen) atoms. The predicted octanol–water partition coefficient (Wildman–Crippen LogP) is 2.81. The maximum Gasteiger partial charge on any atom is 0.417 e. The second-order valence-electron chi connectivity index (χ2n) is 4.81. The minimum atomic E-state index is -0.374. The molecule has 0 aliphatic rings. The number of carbonyl (C=O) groups excluding carboxylic acids is 1. The minimum Gasteiger partial charge on any atom is -0.493 e. The highest BCUT2D eigenvalue weighted by Gasteiger charge is 2.03. The molecule has 1 heterocycles. The van der Waals surface area contributed by atoms with Crippen molar-refractivity contribution >= 4 is 17.4 Å². The van der Waals surface area contributed by atoms with Gasteiger partial charge in [-0.3, -0.25) is 0 Å². The Morgan fingerprint density at radius 1 is 1.24 bits per heavy atom. The normalized spacial score (nSPS) is 12.0. The molecule has 0 aliphatic carbocycles. The first-order valence-electron chi connectivity index (χ1n) is 6.88. The molecule has 2 rings (SSSR count). The Morgan fingerprint density at radius 3 is 2.86 bits per heavy atom. The summed E-state index contributed by atoms with van der Waals surface area (Å²) in [6.45, 7) is 3.82. The van der Waals surface area contributed by atoms with Crippen molar-refractivity contribution in [1.29, 1.82) is 0 Å². The molecule has 0 spiro atoms. The largest absolute Gasteiger partial charge is 0.493 e. The second kappa shape index (κ2) is 7.47. The summed E-state index contributed by atoms with van der Waals surface area (Å²) in [4.78, 5) is 21.2. The van der Waals surface area contributed by atoms with Crippen molar-refractivity contribution in [3.05, 3.63) is 40.8 Å². The van der Waals surface area contributed by atoms with Gasteiger partial charge in [0.1, 0.15) is 11.3 Å². The third kappa shape index (κ3) is 4.63. The van der Waals surface area contributed by atoms with Crippen molar-refractivity contribution in [2.75, 3.05) is 6.61 Å². The molecule has 1 unspecified atom stereocenters. The number of benzene rings is 1. The number of hydrogen-bond acceptors (Lipinski definition) is 5. The molecule has 0 saturated carbocycles. The standard InChI is InChI=1S/C16H17O5/c1-12(20-11-17)4-2-3-9-19-14-7-5-13-6-8-16(18)21-15(13)10-14/h5-8,10,12H,2-4,9H2,1H3. The number of unbranched alkanes of at least 4 members (excludes halogenated alkanes) is 1. The van der Waals surface area contributed by atoms with Crippen molar-refractivity contribution < 1.29 is 18.7 Å². The lowest BCUT2D eigenvalue weighted by Crippen LogP contribution is -2.07. The molecule has 1 aromatic heterocycles. The molecule has 2 aromatic rings. The van der Waals surface area contributed by atoms with Gasteiger partial charge in [-0.25, -0.2) is 9.59 Å². The fourth-order valence-electron chi connectivity index (χ4n) is 2.00. The summed E-state index contributed by atoms with van der Waals surface area (Å²) in [5.74, 6) is 0.669. The zero-order valence-corrected chi connectivity index (χ0v) is 11.8. The molecule has 0 amide bonds. The molecule has 5 heteroatoms. The van der Waals surface area contributed by atoms with Crippen LogP contribution in [-0.4, -0.2) is 19.2 Å². The van der Waals surface area contributed by atoms with E-state index in [1.54, 1.807) is 12.1 Å². The molecule has 1 radical (unpaired) electrons. The first kappa shape index (κ1) is 15.1. The van der Waals surface area contributed by atoms with Crippen LogP contribution in [0.1, 0.15) is 26.2 Å². The van der Waals surface area contributed by atoms with Crippen LogP contribution in [-0.2, 0) is 9.53 Å². The summed E-state index contributed by atoms with van der Waals surface area (Å²) in [7, 11) is 0. The highest BCUT2D eigenvalue weighted by molar-refractivity contribution is 5.77. The molecule has 0 fully saturated rings. The Labute approximate surface area is 122 Å². The predicted molar refractivity (Wildman–Crippen MR) is 78.1 cm³/mol. The maximum atomic E-state index is 11.2. The van der Waals surface area contributed by atoms with Gasteiger partial charge in [0, 0.05) is 17.5 Å². The Hall–Kier alpha value is -2.30. The molecule has 0 aliphatic heterocycles. The number of hydrogen-bond donors (Lipinski definition) is 0. The van der Waals surface area contributed by atoms with Crippen molar-refractivity contribution in [3.63, 3.8) is 0 Å². The van der Waals surface area contributed by atoms with Crippen molar-refractivity contribution in [3.8, 4) is 5.75 Å². The number of rotatable bonds is 8. The Kier molecular flexibility index (Phi) is 5.37. The van der Waals surface area contributed by atoms with E-state index in [-0.39, 0.29) is 11.7 Å². The SMILES string of the molecule is CC(CCCCOc1ccc2ccc(=O)oc2c1)O[C]=O. The molecule has 5 nitrogen and oxygen atoms in total. The first-order valence-corrected chi connectivity index (χ1v) is 6.88. The van der Waals surface area contributed by atoms with E-state index in [9.17, 15) is 9.59 Å². The van der Waals surface area contributed by atoms with Crippen LogP contribution in [0.15, 0.2) is 39.5 Å². The summed E-state index contributed by atoms with van der Waals surface area (Å²) in [5.41, 5.74) is 0.143. The van der Waals surface area contributed by atoms with Crippen molar-refractivity contribution in [2.24, 2.45) is 0 Å². The Balaban J connectivity index is 1.81. The summed E-state index contributed by atoms with van der Waals surface area (Å²) in [5, 5.41) is 0.859. The minimum absolute atomic E-state index is 0.113. The molecule has 0 saturated heterocycles. The highest BCUT2D eigenvalue weighted by Crippen LogP contribution is 2.19. The summed E-state index contributed by atoms with van der Waals surface area (Å²) >= 11 is 0. The van der Waals surface area contributed by atoms with Crippen molar-refractivity contribution in [1.82, 2.24) is 0 Å². The van der Waals surface area contributed by atoms with Gasteiger partial charge in [-0.05, 0) is 44.4 Å². The van der Waals surface area contributed by atoms with Crippen LogP contribution >= 0.6 is 0 Å². The van der Waals surface area contributed by atoms with Crippen LogP contribution in [0.4, 0.5) is 0 Å². The lowest BCUT2D eigenvalue weighted by Gasteiger charge is -2.09. The lowest BCUT2D eigenvalue weighted by atomic mass is 10.2. The fraction of sp³-hybridized carbons (Fsp3) is 0.375. The summed E-state index contributed by atoms with van der Waals surface area (Å²) in [6, 6.07) is 8.52. The average molecular weight is 289 g/mol. The summed E-state index contributed by atoms with van der Waals surface area (Å²) in [6.07, 6.45) is 2.41. The maximum absolute atomic E-state index is 11.2. The van der Waals surface area contributed by atoms with Crippen LogP contribution in [0.2, 0.25) is 0 Å². The van der Waals surface area contributed by atoms with E-state index in [0.717, 1.165) is 24.6 Å². The van der Waals surface area contributed by atoms with Gasteiger partial charge in [0.25, 0.3) is 0 Å². The smallest absolute Gasteiger partial charge is 0.417 e. The first-order chi connectivity index (χ1) is 10.2. The van der Waals surface area contributed by atoms with Gasteiger partial charge in [-0.1, -0.05) is 0 Å². The van der Waals surface area contributed by atoms with E-state index in [4.69, 9.17) is 9.15 Å². The molecule has 111 valence electrons. The van der Waals surface area contributed by atoms with E-state index in [2.05, 4.69) is 4.74 Å². The highest BCUT2D eigenvalue weighted by atomic mass is 16.5. The van der Waals surface area contributed by atoms with Crippen molar-refractivity contribution in [2.45, 2.75) is 32.3 Å². The van der Waals surface area contributed by atoms with Gasteiger partial charge in [0.05, 0.1) is 12.7 Å². The van der Waals surface area contributed by atoms with Gasteiger partial charge < -0.3 is 13.9 Å². The van der Waals surface area contributed by atoms with Gasteiger partial charge in [0.2, 0.25) is 0 Å². The van der Waals surface area contributed by atoms with E-state index < -0.39 is 0 Å². The molecular weight excluding hydrogens is 272 g/mol. The second-order valence-corrected chi connectivity index (χ2v) is 4.81. The third-order valence-corrected chi connectivity index (χ3v) is 3.12.